The van der Waals surface area contributed by atoms with Crippen LogP contribution in [0.2, 0.25) is 0 Å². The SMILES string of the molecule is COc1cc(-n2cnc(Br)c2)ccn1. The summed E-state index contributed by atoms with van der Waals surface area (Å²) in [6.07, 6.45) is 5.29. The van der Waals surface area contributed by atoms with Crippen molar-refractivity contribution in [3.8, 4) is 11.6 Å². The Morgan fingerprint density at radius 3 is 2.93 bits per heavy atom. The fraction of sp³-hybridized carbons (Fsp3) is 0.111. The molecule has 0 N–H and O–H groups in total. The lowest BCUT2D eigenvalue weighted by Gasteiger charge is -2.03. The van der Waals surface area contributed by atoms with Gasteiger partial charge in [-0.1, -0.05) is 0 Å². The molecule has 5 heteroatoms. The number of methoxy groups -OCH3 is 1. The number of pyridine rings is 1. The Balaban J connectivity index is 2.41. The van der Waals surface area contributed by atoms with E-state index in [-0.39, 0.29) is 0 Å². The van der Waals surface area contributed by atoms with Gasteiger partial charge in [0.1, 0.15) is 10.9 Å². The molecule has 2 aromatic heterocycles. The second-order valence-corrected chi connectivity index (χ2v) is 3.47. The van der Waals surface area contributed by atoms with Gasteiger partial charge in [0.2, 0.25) is 5.88 Å². The third-order valence-electron chi connectivity index (χ3n) is 1.78. The highest BCUT2D eigenvalue weighted by atomic mass is 79.9. The summed E-state index contributed by atoms with van der Waals surface area (Å²) in [5.74, 6) is 0.590. The summed E-state index contributed by atoms with van der Waals surface area (Å²) in [6.45, 7) is 0. The summed E-state index contributed by atoms with van der Waals surface area (Å²) >= 11 is 3.29. The van der Waals surface area contributed by atoms with Crippen LogP contribution in [-0.2, 0) is 0 Å². The van der Waals surface area contributed by atoms with Crippen LogP contribution in [0.15, 0.2) is 35.5 Å². The number of hydrogen-bond donors (Lipinski definition) is 0. The van der Waals surface area contributed by atoms with E-state index in [2.05, 4.69) is 25.9 Å². The van der Waals surface area contributed by atoms with Crippen LogP contribution in [0.3, 0.4) is 0 Å². The molecule has 2 aromatic rings. The van der Waals surface area contributed by atoms with Crippen LogP contribution in [-0.4, -0.2) is 21.6 Å². The summed E-state index contributed by atoms with van der Waals surface area (Å²) in [7, 11) is 1.59. The molecule has 0 amide bonds. The van der Waals surface area contributed by atoms with Gasteiger partial charge in [0.25, 0.3) is 0 Å². The Bertz CT molecular complexity index is 441. The van der Waals surface area contributed by atoms with Crippen LogP contribution in [0, 0.1) is 0 Å². The quantitative estimate of drug-likeness (QED) is 0.823. The summed E-state index contributed by atoms with van der Waals surface area (Å²) in [6, 6.07) is 3.73. The van der Waals surface area contributed by atoms with Crippen LogP contribution in [0.4, 0.5) is 0 Å². The van der Waals surface area contributed by atoms with E-state index in [4.69, 9.17) is 4.74 Å². The zero-order chi connectivity index (χ0) is 9.97. The third-order valence-corrected chi connectivity index (χ3v) is 2.19. The van der Waals surface area contributed by atoms with Crippen molar-refractivity contribution in [2.75, 3.05) is 7.11 Å². The average molecular weight is 254 g/mol. The van der Waals surface area contributed by atoms with Gasteiger partial charge in [-0.25, -0.2) is 9.97 Å². The van der Waals surface area contributed by atoms with Crippen LogP contribution in [0.25, 0.3) is 5.69 Å². The van der Waals surface area contributed by atoms with E-state index in [0.29, 0.717) is 5.88 Å². The van der Waals surface area contributed by atoms with Crippen molar-refractivity contribution in [3.05, 3.63) is 35.5 Å². The van der Waals surface area contributed by atoms with Crippen LogP contribution in [0.5, 0.6) is 5.88 Å². The monoisotopic (exact) mass is 253 g/mol. The molecule has 72 valence electrons. The van der Waals surface area contributed by atoms with E-state index in [1.54, 1.807) is 19.6 Å². The van der Waals surface area contributed by atoms with E-state index in [1.165, 1.54) is 0 Å². The lowest BCUT2D eigenvalue weighted by Crippen LogP contribution is -1.93. The minimum atomic E-state index is 0.590. The standard InChI is InChI=1S/C9H8BrN3O/c1-14-9-4-7(2-3-11-9)13-5-8(10)12-6-13/h2-6H,1H3. The highest BCUT2D eigenvalue weighted by molar-refractivity contribution is 9.10. The second kappa shape index (κ2) is 3.79. The van der Waals surface area contributed by atoms with Crippen molar-refractivity contribution >= 4 is 15.9 Å². The molecule has 0 bridgehead atoms. The molecule has 0 fully saturated rings. The van der Waals surface area contributed by atoms with E-state index < -0.39 is 0 Å². The summed E-state index contributed by atoms with van der Waals surface area (Å²) < 4.78 is 7.71. The van der Waals surface area contributed by atoms with Crippen LogP contribution < -0.4 is 4.74 Å². The number of hydrogen-bond acceptors (Lipinski definition) is 3. The van der Waals surface area contributed by atoms with Crippen molar-refractivity contribution < 1.29 is 4.74 Å². The molecule has 2 rings (SSSR count). The van der Waals surface area contributed by atoms with Gasteiger partial charge in [0, 0.05) is 18.5 Å². The van der Waals surface area contributed by atoms with Gasteiger partial charge in [0.15, 0.2) is 0 Å². The summed E-state index contributed by atoms with van der Waals surface area (Å²) in [4.78, 5) is 8.09. The molecule has 0 aliphatic rings. The van der Waals surface area contributed by atoms with Crippen molar-refractivity contribution in [1.29, 1.82) is 0 Å². The van der Waals surface area contributed by atoms with E-state index in [9.17, 15) is 0 Å². The Morgan fingerprint density at radius 2 is 2.29 bits per heavy atom. The Morgan fingerprint density at radius 1 is 1.43 bits per heavy atom. The summed E-state index contributed by atoms with van der Waals surface area (Å²) in [5.41, 5.74) is 0.968. The number of imidazole rings is 1. The zero-order valence-electron chi connectivity index (χ0n) is 7.51. The topological polar surface area (TPSA) is 39.9 Å². The molecule has 14 heavy (non-hydrogen) atoms. The first kappa shape index (κ1) is 9.21. The molecule has 0 spiro atoms. The fourth-order valence-corrected chi connectivity index (χ4v) is 1.42. The lowest BCUT2D eigenvalue weighted by atomic mass is 10.4. The predicted octanol–water partition coefficient (Wildman–Crippen LogP) is 2.04. The summed E-state index contributed by atoms with van der Waals surface area (Å²) in [5, 5.41) is 0. The molecule has 0 unspecified atom stereocenters. The smallest absolute Gasteiger partial charge is 0.215 e. The first-order valence-corrected chi connectivity index (χ1v) is 4.79. The maximum absolute atomic E-state index is 5.03. The average Bonchev–Trinajstić information content (AvgIpc) is 2.65. The van der Waals surface area contributed by atoms with Crippen molar-refractivity contribution in [2.45, 2.75) is 0 Å². The molecule has 0 radical (unpaired) electrons. The lowest BCUT2D eigenvalue weighted by molar-refractivity contribution is 0.397. The van der Waals surface area contributed by atoms with Gasteiger partial charge in [-0.15, -0.1) is 0 Å². The first-order chi connectivity index (χ1) is 6.79. The number of aromatic nitrogens is 3. The van der Waals surface area contributed by atoms with E-state index in [1.807, 2.05) is 22.9 Å². The normalized spacial score (nSPS) is 10.1. The van der Waals surface area contributed by atoms with Gasteiger partial charge < -0.3 is 9.30 Å². The molecule has 0 aliphatic heterocycles. The molecule has 0 aliphatic carbocycles. The molecular formula is C9H8BrN3O. The number of rotatable bonds is 2. The molecular weight excluding hydrogens is 246 g/mol. The Labute approximate surface area is 89.7 Å². The molecule has 0 aromatic carbocycles. The third kappa shape index (κ3) is 1.77. The second-order valence-electron chi connectivity index (χ2n) is 2.66. The van der Waals surface area contributed by atoms with Gasteiger partial charge in [-0.2, -0.15) is 0 Å². The zero-order valence-corrected chi connectivity index (χ0v) is 9.10. The van der Waals surface area contributed by atoms with Gasteiger partial charge in [-0.05, 0) is 22.0 Å². The highest BCUT2D eigenvalue weighted by Gasteiger charge is 2.00. The minimum absolute atomic E-state index is 0.590. The predicted molar refractivity (Wildman–Crippen MR) is 55.6 cm³/mol. The van der Waals surface area contributed by atoms with Gasteiger partial charge in [0.05, 0.1) is 12.8 Å². The number of nitrogens with zero attached hydrogens (tertiary/aromatic N) is 3. The highest BCUT2D eigenvalue weighted by Crippen LogP contribution is 2.15. The first-order valence-electron chi connectivity index (χ1n) is 3.99. The van der Waals surface area contributed by atoms with Crippen molar-refractivity contribution in [1.82, 2.24) is 14.5 Å². The molecule has 0 saturated carbocycles. The van der Waals surface area contributed by atoms with E-state index >= 15 is 0 Å². The van der Waals surface area contributed by atoms with Gasteiger partial charge >= 0.3 is 0 Å². The van der Waals surface area contributed by atoms with Crippen LogP contribution >= 0.6 is 15.9 Å². The van der Waals surface area contributed by atoms with Crippen molar-refractivity contribution in [3.63, 3.8) is 0 Å². The largest absolute Gasteiger partial charge is 0.481 e. The van der Waals surface area contributed by atoms with Gasteiger partial charge in [-0.3, -0.25) is 0 Å². The molecule has 2 heterocycles. The van der Waals surface area contributed by atoms with Crippen molar-refractivity contribution in [2.24, 2.45) is 0 Å². The Kier molecular flexibility index (Phi) is 2.49. The fourth-order valence-electron chi connectivity index (χ4n) is 1.11. The molecule has 4 nitrogen and oxygen atoms in total. The molecule has 0 atom stereocenters. The minimum Gasteiger partial charge on any atom is -0.481 e. The maximum Gasteiger partial charge on any atom is 0.215 e. The number of halogens is 1. The molecule has 0 saturated heterocycles. The van der Waals surface area contributed by atoms with E-state index in [0.717, 1.165) is 10.3 Å². The number of ether oxygens (including phenoxy) is 1. The van der Waals surface area contributed by atoms with Crippen LogP contribution in [0.1, 0.15) is 0 Å². The Hall–Kier alpha value is -1.36. The maximum atomic E-state index is 5.03.